The average molecular weight is 573 g/mol. The van der Waals surface area contributed by atoms with E-state index in [0.29, 0.717) is 12.2 Å². The number of esters is 1. The lowest BCUT2D eigenvalue weighted by atomic mass is 10.1. The van der Waals surface area contributed by atoms with E-state index in [2.05, 4.69) is 38.1 Å². The topological polar surface area (TPSA) is 102 Å². The van der Waals surface area contributed by atoms with Crippen molar-refractivity contribution in [2.45, 2.75) is 33.2 Å². The third kappa shape index (κ3) is 5.91. The number of pyridine rings is 2. The van der Waals surface area contributed by atoms with Crippen molar-refractivity contribution in [3.63, 3.8) is 0 Å². The molecule has 4 aromatic heterocycles. The van der Waals surface area contributed by atoms with Gasteiger partial charge in [-0.2, -0.15) is 0 Å². The molecule has 2 N–H and O–H groups in total. The first-order valence-electron chi connectivity index (χ1n) is 14.1. The summed E-state index contributed by atoms with van der Waals surface area (Å²) in [5.74, 6) is 0.295. The zero-order chi connectivity index (χ0) is 29.8. The van der Waals surface area contributed by atoms with Crippen LogP contribution in [-0.2, 0) is 22.7 Å². The predicted octanol–water partition coefficient (Wildman–Crippen LogP) is 7.72. The van der Waals surface area contributed by atoms with Crippen molar-refractivity contribution in [2.75, 3.05) is 7.11 Å². The number of nitrogens with zero attached hydrogens (tertiary/aromatic N) is 2. The number of H-pyrrole nitrogens is 2. The highest BCUT2D eigenvalue weighted by Gasteiger charge is 2.21. The maximum atomic E-state index is 12.6. The molecule has 0 saturated carbocycles. The lowest BCUT2D eigenvalue weighted by molar-refractivity contribution is 0.0366. The number of hydrogen-bond donors (Lipinski definition) is 2. The maximum absolute atomic E-state index is 12.6. The van der Waals surface area contributed by atoms with Crippen molar-refractivity contribution in [3.8, 4) is 5.75 Å². The molecule has 0 aliphatic heterocycles. The van der Waals surface area contributed by atoms with Crippen LogP contribution in [0, 0.1) is 0 Å². The van der Waals surface area contributed by atoms with E-state index in [4.69, 9.17) is 14.2 Å². The molecule has 3 aromatic carbocycles. The first-order valence-corrected chi connectivity index (χ1v) is 14.1. The van der Waals surface area contributed by atoms with E-state index in [1.807, 2.05) is 80.6 Å². The molecule has 7 rings (SSSR count). The molecule has 4 heterocycles. The molecule has 216 valence electrons. The maximum Gasteiger partial charge on any atom is 0.357 e. The van der Waals surface area contributed by atoms with E-state index < -0.39 is 5.97 Å². The minimum atomic E-state index is -0.454. The standard InChI is InChI=1S/C24H24N2O4.C11H8N2/c1-15(2)30-24(27)23-19(14-28-3)22-18-11-17(29-13-16-7-5-4-6-8-16)9-10-20(18)26-21(22)12-25-23;1-2-6-10-8(4-1)9-5-3-7-12-11(9)13-10/h4-12,15,26H,13-14H2,1-3H3;1-7H,(H,12,13). The Kier molecular flexibility index (Phi) is 8.02. The molecule has 0 aliphatic rings. The van der Waals surface area contributed by atoms with Gasteiger partial charge in [-0.25, -0.2) is 14.8 Å². The number of para-hydroxylation sites is 1. The number of ether oxygens (including phenoxy) is 3. The van der Waals surface area contributed by atoms with Crippen molar-refractivity contribution in [1.29, 1.82) is 0 Å². The Balaban J connectivity index is 0.000000208. The van der Waals surface area contributed by atoms with Crippen LogP contribution in [0.4, 0.5) is 0 Å². The van der Waals surface area contributed by atoms with E-state index >= 15 is 0 Å². The van der Waals surface area contributed by atoms with Crippen LogP contribution in [-0.4, -0.2) is 39.1 Å². The molecule has 43 heavy (non-hydrogen) atoms. The fourth-order valence-corrected chi connectivity index (χ4v) is 5.18. The van der Waals surface area contributed by atoms with Crippen LogP contribution in [0.25, 0.3) is 43.7 Å². The normalized spacial score (nSPS) is 11.3. The summed E-state index contributed by atoms with van der Waals surface area (Å²) in [6.45, 7) is 4.35. The van der Waals surface area contributed by atoms with Gasteiger partial charge in [0.05, 0.1) is 24.4 Å². The second kappa shape index (κ2) is 12.3. The molecule has 0 aliphatic carbocycles. The molecular formula is C35H32N4O4. The van der Waals surface area contributed by atoms with Crippen molar-refractivity contribution in [1.82, 2.24) is 19.9 Å². The largest absolute Gasteiger partial charge is 0.489 e. The van der Waals surface area contributed by atoms with E-state index in [1.165, 1.54) is 10.8 Å². The molecule has 0 atom stereocenters. The molecule has 0 amide bonds. The fourth-order valence-electron chi connectivity index (χ4n) is 5.18. The number of nitrogens with one attached hydrogen (secondary N) is 2. The smallest absolute Gasteiger partial charge is 0.357 e. The molecule has 8 heteroatoms. The molecule has 8 nitrogen and oxygen atoms in total. The van der Waals surface area contributed by atoms with Gasteiger partial charge in [0, 0.05) is 51.4 Å². The highest BCUT2D eigenvalue weighted by molar-refractivity contribution is 6.11. The molecule has 0 radical (unpaired) electrons. The van der Waals surface area contributed by atoms with Crippen molar-refractivity contribution >= 4 is 49.7 Å². The summed E-state index contributed by atoms with van der Waals surface area (Å²) in [7, 11) is 1.60. The zero-order valence-electron chi connectivity index (χ0n) is 24.3. The Bertz CT molecular complexity index is 1980. The molecule has 0 bridgehead atoms. The lowest BCUT2D eigenvalue weighted by Gasteiger charge is -2.12. The minimum absolute atomic E-state index is 0.230. The first kappa shape index (κ1) is 27.9. The van der Waals surface area contributed by atoms with Gasteiger partial charge in [0.15, 0.2) is 5.69 Å². The summed E-state index contributed by atoms with van der Waals surface area (Å²) in [5, 5.41) is 4.27. The number of fused-ring (bicyclic) bond motifs is 6. The van der Waals surface area contributed by atoms with Gasteiger partial charge in [0.25, 0.3) is 0 Å². The highest BCUT2D eigenvalue weighted by atomic mass is 16.5. The Morgan fingerprint density at radius 3 is 2.37 bits per heavy atom. The van der Waals surface area contributed by atoms with Crippen LogP contribution >= 0.6 is 0 Å². The number of methoxy groups -OCH3 is 1. The zero-order valence-corrected chi connectivity index (χ0v) is 24.3. The molecule has 0 unspecified atom stereocenters. The summed E-state index contributed by atoms with van der Waals surface area (Å²) in [4.78, 5) is 27.8. The summed E-state index contributed by atoms with van der Waals surface area (Å²) >= 11 is 0. The quantitative estimate of drug-likeness (QED) is 0.190. The average Bonchev–Trinajstić information content (AvgIpc) is 3.59. The molecule has 0 saturated heterocycles. The summed E-state index contributed by atoms with van der Waals surface area (Å²) in [6, 6.07) is 28.2. The fraction of sp³-hybridized carbons (Fsp3) is 0.171. The number of hydrogen-bond acceptors (Lipinski definition) is 6. The van der Waals surface area contributed by atoms with E-state index in [-0.39, 0.29) is 18.4 Å². The Morgan fingerprint density at radius 2 is 1.56 bits per heavy atom. The van der Waals surface area contributed by atoms with Crippen LogP contribution in [0.1, 0.15) is 35.5 Å². The highest BCUT2D eigenvalue weighted by Crippen LogP contribution is 2.33. The first-order chi connectivity index (χ1) is 21.0. The van der Waals surface area contributed by atoms with E-state index in [1.54, 1.807) is 19.5 Å². The molecule has 0 fully saturated rings. The number of benzene rings is 3. The Hall–Kier alpha value is -5.21. The van der Waals surface area contributed by atoms with Gasteiger partial charge in [-0.3, -0.25) is 0 Å². The van der Waals surface area contributed by atoms with Crippen molar-refractivity contribution in [3.05, 3.63) is 114 Å². The van der Waals surface area contributed by atoms with Gasteiger partial charge in [-0.05, 0) is 55.8 Å². The number of aromatic amines is 2. The SMILES string of the molecule is COCc1c(C(=O)OC(C)C)ncc2[nH]c3ccc(OCc4ccccc4)cc3c12.c1ccc2c(c1)[nH]c1ncccc12. The summed E-state index contributed by atoms with van der Waals surface area (Å²) in [5.41, 5.74) is 5.95. The van der Waals surface area contributed by atoms with E-state index in [0.717, 1.165) is 44.3 Å². The van der Waals surface area contributed by atoms with Gasteiger partial charge in [-0.15, -0.1) is 0 Å². The lowest BCUT2D eigenvalue weighted by Crippen LogP contribution is -2.15. The van der Waals surface area contributed by atoms with Gasteiger partial charge >= 0.3 is 5.97 Å². The number of rotatable bonds is 7. The van der Waals surface area contributed by atoms with E-state index in [9.17, 15) is 4.79 Å². The summed E-state index contributed by atoms with van der Waals surface area (Å²) < 4.78 is 16.8. The third-order valence-electron chi connectivity index (χ3n) is 7.06. The van der Waals surface area contributed by atoms with Crippen molar-refractivity contribution in [2.24, 2.45) is 0 Å². The molecule has 7 aromatic rings. The summed E-state index contributed by atoms with van der Waals surface area (Å²) in [6.07, 6.45) is 3.24. The number of carbonyl (C=O) groups excluding carboxylic acids is 1. The molecule has 0 spiro atoms. The third-order valence-corrected chi connectivity index (χ3v) is 7.06. The second-order valence-corrected chi connectivity index (χ2v) is 10.4. The number of carbonyl (C=O) groups is 1. The van der Waals surface area contributed by atoms with Gasteiger partial charge in [0.1, 0.15) is 18.0 Å². The Labute approximate surface area is 248 Å². The predicted molar refractivity (Wildman–Crippen MR) is 169 cm³/mol. The van der Waals surface area contributed by atoms with Crippen LogP contribution in [0.15, 0.2) is 97.3 Å². The van der Waals surface area contributed by atoms with Gasteiger partial charge in [-0.1, -0.05) is 48.5 Å². The Morgan fingerprint density at radius 1 is 0.791 bits per heavy atom. The monoisotopic (exact) mass is 572 g/mol. The van der Waals surface area contributed by atoms with Crippen LogP contribution in [0.5, 0.6) is 5.75 Å². The van der Waals surface area contributed by atoms with Crippen LogP contribution in [0.2, 0.25) is 0 Å². The van der Waals surface area contributed by atoms with Crippen molar-refractivity contribution < 1.29 is 19.0 Å². The minimum Gasteiger partial charge on any atom is -0.489 e. The van der Waals surface area contributed by atoms with Gasteiger partial charge in [0.2, 0.25) is 0 Å². The van der Waals surface area contributed by atoms with Crippen LogP contribution in [0.3, 0.4) is 0 Å². The van der Waals surface area contributed by atoms with Crippen LogP contribution < -0.4 is 4.74 Å². The molecular weight excluding hydrogens is 540 g/mol. The number of aromatic nitrogens is 4. The second-order valence-electron chi connectivity index (χ2n) is 10.4. The van der Waals surface area contributed by atoms with Gasteiger partial charge < -0.3 is 24.2 Å².